The van der Waals surface area contributed by atoms with Crippen LogP contribution >= 0.6 is 11.6 Å². The van der Waals surface area contributed by atoms with Crippen molar-refractivity contribution in [3.63, 3.8) is 0 Å². The number of carbonyl (C=O) groups excluding carboxylic acids is 2. The first-order valence-electron chi connectivity index (χ1n) is 9.97. The number of nitrogens with one attached hydrogen (secondary N) is 1. The normalized spacial score (nSPS) is 11.2. The van der Waals surface area contributed by atoms with Crippen LogP contribution in [0.3, 0.4) is 0 Å². The fourth-order valence-electron chi connectivity index (χ4n) is 2.90. The minimum atomic E-state index is -3.13. The molecule has 0 saturated carbocycles. The monoisotopic (exact) mass is 490 g/mol. The smallest absolute Gasteiger partial charge is 0.419 e. The number of carboxylic acid groups (broad SMARTS) is 2. The summed E-state index contributed by atoms with van der Waals surface area (Å²) < 4.78 is 5.21. The molecule has 0 aliphatic heterocycles. The van der Waals surface area contributed by atoms with Gasteiger partial charge in [0.15, 0.2) is 0 Å². The lowest BCUT2D eigenvalue weighted by Gasteiger charge is -2.25. The van der Waals surface area contributed by atoms with E-state index in [9.17, 15) is 29.4 Å². The lowest BCUT2D eigenvalue weighted by atomic mass is 10.1. The Bertz CT molecular complexity index is 1120. The molecule has 11 nitrogen and oxygen atoms in total. The maximum Gasteiger partial charge on any atom is 0.419 e. The van der Waals surface area contributed by atoms with E-state index >= 15 is 0 Å². The summed E-state index contributed by atoms with van der Waals surface area (Å²) in [6, 6.07) is 11.3. The number of ether oxygens (including phenoxy) is 1. The molecule has 2 aromatic rings. The van der Waals surface area contributed by atoms with Gasteiger partial charge in [0.1, 0.15) is 11.6 Å². The van der Waals surface area contributed by atoms with Gasteiger partial charge in [0.2, 0.25) is 5.91 Å². The van der Waals surface area contributed by atoms with Crippen LogP contribution in [0.4, 0.5) is 21.9 Å². The highest BCUT2D eigenvalue weighted by Crippen LogP contribution is 2.37. The number of halogens is 1. The van der Waals surface area contributed by atoms with Crippen LogP contribution in [0.5, 0.6) is 0 Å². The van der Waals surface area contributed by atoms with Gasteiger partial charge in [-0.2, -0.15) is 5.11 Å². The Balaban J connectivity index is 2.70. The Kier molecular flexibility index (Phi) is 8.68. The van der Waals surface area contributed by atoms with E-state index < -0.39 is 35.5 Å². The number of carboxylic acids is 2. The van der Waals surface area contributed by atoms with Crippen molar-refractivity contribution in [3.05, 3.63) is 53.6 Å². The predicted octanol–water partition coefficient (Wildman–Crippen LogP) is 3.90. The van der Waals surface area contributed by atoms with Gasteiger partial charge in [-0.15, -0.1) is 16.7 Å². The van der Waals surface area contributed by atoms with E-state index in [-0.39, 0.29) is 18.0 Å². The fourth-order valence-corrected chi connectivity index (χ4v) is 2.97. The number of hydrogen-bond acceptors (Lipinski definition) is 7. The first-order chi connectivity index (χ1) is 16.1. The number of aryl methyl sites for hydroxylation is 1. The van der Waals surface area contributed by atoms with Crippen molar-refractivity contribution in [2.24, 2.45) is 10.2 Å². The van der Waals surface area contributed by atoms with E-state index in [1.165, 1.54) is 23.1 Å². The van der Waals surface area contributed by atoms with E-state index in [0.29, 0.717) is 5.69 Å². The highest BCUT2D eigenvalue weighted by Gasteiger charge is 2.49. The summed E-state index contributed by atoms with van der Waals surface area (Å²) in [5.41, 5.74) is -0.908. The zero-order valence-corrected chi connectivity index (χ0v) is 19.4. The third-order valence-corrected chi connectivity index (χ3v) is 5.00. The van der Waals surface area contributed by atoms with Crippen molar-refractivity contribution in [1.29, 1.82) is 0 Å². The lowest BCUT2D eigenvalue weighted by Crippen LogP contribution is -2.59. The Morgan fingerprint density at radius 3 is 2.24 bits per heavy atom. The highest BCUT2D eigenvalue weighted by atomic mass is 35.5. The van der Waals surface area contributed by atoms with Crippen LogP contribution in [0.1, 0.15) is 18.1 Å². The summed E-state index contributed by atoms with van der Waals surface area (Å²) in [5.74, 6) is -5.76. The number of anilines is 2. The number of hydrogen-bond donors (Lipinski definition) is 3. The number of azo groups is 1. The minimum absolute atomic E-state index is 0.0524. The van der Waals surface area contributed by atoms with Gasteiger partial charge in [0.25, 0.3) is 0 Å². The average Bonchev–Trinajstić information content (AvgIpc) is 2.80. The van der Waals surface area contributed by atoms with Crippen LogP contribution in [0.2, 0.25) is 0 Å². The largest absolute Gasteiger partial charge is 0.478 e. The van der Waals surface area contributed by atoms with Gasteiger partial charge >= 0.3 is 23.7 Å². The third-order valence-electron chi connectivity index (χ3n) is 4.76. The second-order valence-corrected chi connectivity index (χ2v) is 7.21. The Hall–Kier alpha value is -3.99. The standard InChI is InChI=1S/C22H23ClN4O7/c1-4-34-21(33)27(16-11-7-8-13(2)14(16)3)17-10-6-5-9-15(17)25-26-22(19(29)30,20(31)32)24-18(28)12-23/h5-11H,4,12H2,1-3H3,(H,24,28)(H,29,30)(H,31,32). The number of para-hydroxylation sites is 1. The quantitative estimate of drug-likeness (QED) is 0.273. The van der Waals surface area contributed by atoms with Crippen LogP contribution in [0, 0.1) is 13.8 Å². The topological polar surface area (TPSA) is 158 Å². The van der Waals surface area contributed by atoms with Crippen molar-refractivity contribution >= 4 is 52.6 Å². The van der Waals surface area contributed by atoms with E-state index in [2.05, 4.69) is 10.2 Å². The molecule has 0 bridgehead atoms. The maximum atomic E-state index is 12.9. The zero-order valence-electron chi connectivity index (χ0n) is 18.6. The molecule has 3 N–H and O–H groups in total. The summed E-state index contributed by atoms with van der Waals surface area (Å²) in [7, 11) is 0. The van der Waals surface area contributed by atoms with Crippen molar-refractivity contribution in [3.8, 4) is 0 Å². The molecule has 0 atom stereocenters. The summed E-state index contributed by atoms with van der Waals surface area (Å²) in [5, 5.41) is 28.1. The number of carbonyl (C=O) groups is 4. The molecule has 0 saturated heterocycles. The molecule has 0 aliphatic carbocycles. The summed E-state index contributed by atoms with van der Waals surface area (Å²) in [6.45, 7) is 5.39. The molecule has 180 valence electrons. The second kappa shape index (κ2) is 11.2. The molecular formula is C22H23ClN4O7. The number of aliphatic carboxylic acids is 2. The Labute approximate surface area is 200 Å². The summed E-state index contributed by atoms with van der Waals surface area (Å²) in [6.07, 6.45) is -0.739. The molecule has 0 aromatic heterocycles. The molecule has 0 unspecified atom stereocenters. The molecule has 0 fully saturated rings. The van der Waals surface area contributed by atoms with Gasteiger partial charge in [-0.25, -0.2) is 19.3 Å². The van der Waals surface area contributed by atoms with Crippen LogP contribution in [-0.4, -0.2) is 52.3 Å². The molecule has 34 heavy (non-hydrogen) atoms. The molecule has 2 rings (SSSR count). The predicted molar refractivity (Wildman–Crippen MR) is 123 cm³/mol. The fraction of sp³-hybridized carbons (Fsp3) is 0.273. The number of amides is 2. The van der Waals surface area contributed by atoms with Crippen LogP contribution in [0.25, 0.3) is 0 Å². The van der Waals surface area contributed by atoms with Crippen LogP contribution in [0.15, 0.2) is 52.7 Å². The summed E-state index contributed by atoms with van der Waals surface area (Å²) in [4.78, 5) is 49.4. The Morgan fingerprint density at radius 1 is 1.03 bits per heavy atom. The van der Waals surface area contributed by atoms with E-state index in [4.69, 9.17) is 16.3 Å². The average molecular weight is 491 g/mol. The van der Waals surface area contributed by atoms with Gasteiger partial charge in [-0.05, 0) is 50.1 Å². The molecule has 2 aromatic carbocycles. The van der Waals surface area contributed by atoms with Gasteiger partial charge in [-0.1, -0.05) is 24.3 Å². The molecule has 2 amide bonds. The SMILES string of the molecule is CCOC(=O)N(c1ccccc1N=NC(NC(=O)CCl)(C(=O)O)C(=O)O)c1cccc(C)c1C. The molecule has 0 aliphatic rings. The number of nitrogens with zero attached hydrogens (tertiary/aromatic N) is 3. The van der Waals surface area contributed by atoms with Crippen molar-refractivity contribution in [2.45, 2.75) is 26.4 Å². The zero-order chi connectivity index (χ0) is 25.5. The number of alkyl halides is 1. The van der Waals surface area contributed by atoms with E-state index in [1.807, 2.05) is 19.9 Å². The minimum Gasteiger partial charge on any atom is -0.478 e. The van der Waals surface area contributed by atoms with E-state index in [0.717, 1.165) is 11.1 Å². The van der Waals surface area contributed by atoms with Gasteiger partial charge in [-0.3, -0.25) is 4.79 Å². The second-order valence-electron chi connectivity index (χ2n) is 6.94. The number of benzene rings is 2. The summed E-state index contributed by atoms with van der Waals surface area (Å²) >= 11 is 5.38. The first kappa shape index (κ1) is 26.3. The Morgan fingerprint density at radius 2 is 1.65 bits per heavy atom. The number of rotatable bonds is 9. The van der Waals surface area contributed by atoms with Crippen molar-refractivity contribution < 1.29 is 34.1 Å². The molecule has 12 heteroatoms. The van der Waals surface area contributed by atoms with Gasteiger partial charge in [0.05, 0.1) is 18.0 Å². The van der Waals surface area contributed by atoms with Crippen molar-refractivity contribution in [2.75, 3.05) is 17.4 Å². The van der Waals surface area contributed by atoms with E-state index in [1.54, 1.807) is 30.4 Å². The van der Waals surface area contributed by atoms with Gasteiger partial charge in [0, 0.05) is 0 Å². The molecule has 0 radical (unpaired) electrons. The highest BCUT2D eigenvalue weighted by molar-refractivity contribution is 6.27. The van der Waals surface area contributed by atoms with Crippen molar-refractivity contribution in [1.82, 2.24) is 5.32 Å². The third kappa shape index (κ3) is 5.49. The lowest BCUT2D eigenvalue weighted by molar-refractivity contribution is -0.160. The van der Waals surface area contributed by atoms with Crippen LogP contribution < -0.4 is 10.2 Å². The first-order valence-corrected chi connectivity index (χ1v) is 10.5. The molecule has 0 spiro atoms. The molecule has 0 heterocycles. The molecular weight excluding hydrogens is 468 g/mol. The maximum absolute atomic E-state index is 12.9. The van der Waals surface area contributed by atoms with Gasteiger partial charge < -0.3 is 20.3 Å². The van der Waals surface area contributed by atoms with Crippen LogP contribution in [-0.2, 0) is 19.1 Å².